The number of nitrogens with zero attached hydrogens (tertiary/aromatic N) is 3. The number of amides is 1. The Hall–Kier alpha value is -2.73. The number of oxazole rings is 1. The molecule has 1 aromatic carbocycles. The first-order valence-corrected chi connectivity index (χ1v) is 10.6. The first-order valence-electron chi connectivity index (χ1n) is 10.6. The predicted molar refractivity (Wildman–Crippen MR) is 118 cm³/mol. The van der Waals surface area contributed by atoms with Gasteiger partial charge in [0.25, 0.3) is 0 Å². The molecule has 3 aromatic rings. The molecular formula is C24H30N4O2. The number of hydrogen-bond acceptors (Lipinski definition) is 5. The van der Waals surface area contributed by atoms with Gasteiger partial charge < -0.3 is 14.6 Å². The van der Waals surface area contributed by atoms with Crippen molar-refractivity contribution in [2.45, 2.75) is 58.5 Å². The van der Waals surface area contributed by atoms with Gasteiger partial charge in [0.15, 0.2) is 11.7 Å². The average molecular weight is 407 g/mol. The van der Waals surface area contributed by atoms with E-state index >= 15 is 0 Å². The van der Waals surface area contributed by atoms with Crippen LogP contribution in [0.25, 0.3) is 22.1 Å². The fourth-order valence-corrected chi connectivity index (χ4v) is 4.08. The van der Waals surface area contributed by atoms with Crippen molar-refractivity contribution in [3.63, 3.8) is 0 Å². The Morgan fingerprint density at radius 3 is 2.57 bits per heavy atom. The van der Waals surface area contributed by atoms with Gasteiger partial charge in [-0.1, -0.05) is 12.1 Å². The van der Waals surface area contributed by atoms with E-state index < -0.39 is 0 Å². The third-order valence-electron chi connectivity index (χ3n) is 5.50. The van der Waals surface area contributed by atoms with Gasteiger partial charge in [0.1, 0.15) is 0 Å². The number of fused-ring (bicyclic) bond motifs is 1. The highest BCUT2D eigenvalue weighted by Crippen LogP contribution is 2.25. The molecule has 6 nitrogen and oxygen atoms in total. The van der Waals surface area contributed by atoms with E-state index in [0.29, 0.717) is 18.4 Å². The van der Waals surface area contributed by atoms with Gasteiger partial charge in [-0.2, -0.15) is 0 Å². The number of aryl methyl sites for hydroxylation is 1. The number of pyridine rings is 1. The second-order valence-electron chi connectivity index (χ2n) is 9.21. The van der Waals surface area contributed by atoms with Crippen molar-refractivity contribution in [1.82, 2.24) is 20.2 Å². The van der Waals surface area contributed by atoms with Gasteiger partial charge in [-0.25, -0.2) is 4.98 Å². The second kappa shape index (κ2) is 8.19. The fraction of sp³-hybridized carbons (Fsp3) is 0.458. The number of benzene rings is 1. The van der Waals surface area contributed by atoms with Crippen LogP contribution in [0.5, 0.6) is 0 Å². The smallest absolute Gasteiger partial charge is 0.228 e. The lowest BCUT2D eigenvalue weighted by Gasteiger charge is -2.36. The molecule has 1 fully saturated rings. The summed E-state index contributed by atoms with van der Waals surface area (Å²) in [6.45, 7) is 9.99. The third-order valence-corrected chi connectivity index (χ3v) is 5.50. The molecule has 1 aliphatic rings. The first-order chi connectivity index (χ1) is 14.3. The molecule has 0 radical (unpaired) electrons. The summed E-state index contributed by atoms with van der Waals surface area (Å²) in [6, 6.07) is 8.58. The summed E-state index contributed by atoms with van der Waals surface area (Å²) in [4.78, 5) is 23.5. The summed E-state index contributed by atoms with van der Waals surface area (Å²) in [6.07, 6.45) is 5.90. The van der Waals surface area contributed by atoms with E-state index in [0.717, 1.165) is 53.7 Å². The van der Waals surface area contributed by atoms with Crippen LogP contribution >= 0.6 is 0 Å². The number of piperidine rings is 1. The van der Waals surface area contributed by atoms with Gasteiger partial charge in [-0.3, -0.25) is 9.78 Å². The summed E-state index contributed by atoms with van der Waals surface area (Å²) < 4.78 is 5.64. The standard InChI is InChI=1S/C24H30N4O2/c1-16-25-15-22(30-16)17-5-6-18-14-26-21(12-19(18)11-17)13-23(29)28-9-7-20(8-10-28)27-24(2,3)4/h5-6,11-12,14-15,20,27H,7-10,13H2,1-4H3. The van der Waals surface area contributed by atoms with Crippen LogP contribution in [0.3, 0.4) is 0 Å². The third kappa shape index (κ3) is 4.87. The van der Waals surface area contributed by atoms with Gasteiger partial charge in [0, 0.05) is 48.7 Å². The minimum atomic E-state index is 0.106. The van der Waals surface area contributed by atoms with Crippen molar-refractivity contribution in [2.75, 3.05) is 13.1 Å². The molecule has 4 rings (SSSR count). The number of aromatic nitrogens is 2. The molecule has 158 valence electrons. The lowest BCUT2D eigenvalue weighted by atomic mass is 9.99. The SMILES string of the molecule is Cc1ncc(-c2ccc3cnc(CC(=O)N4CCC(NC(C)(C)C)CC4)cc3c2)o1. The van der Waals surface area contributed by atoms with Gasteiger partial charge in [-0.15, -0.1) is 0 Å². The second-order valence-corrected chi connectivity index (χ2v) is 9.21. The lowest BCUT2D eigenvalue weighted by molar-refractivity contribution is -0.131. The van der Waals surface area contributed by atoms with E-state index in [1.54, 1.807) is 6.20 Å². The highest BCUT2D eigenvalue weighted by Gasteiger charge is 2.25. The number of likely N-dealkylation sites (tertiary alicyclic amines) is 1. The highest BCUT2D eigenvalue weighted by atomic mass is 16.4. The van der Waals surface area contributed by atoms with E-state index in [4.69, 9.17) is 4.42 Å². The summed E-state index contributed by atoms with van der Waals surface area (Å²) in [7, 11) is 0. The largest absolute Gasteiger partial charge is 0.441 e. The number of nitrogens with one attached hydrogen (secondary N) is 1. The molecule has 0 bridgehead atoms. The maximum Gasteiger partial charge on any atom is 0.228 e. The van der Waals surface area contributed by atoms with E-state index in [9.17, 15) is 4.79 Å². The van der Waals surface area contributed by atoms with Crippen LogP contribution in [-0.2, 0) is 11.2 Å². The number of carbonyl (C=O) groups excluding carboxylic acids is 1. The topological polar surface area (TPSA) is 71.3 Å². The van der Waals surface area contributed by atoms with Crippen molar-refractivity contribution in [3.8, 4) is 11.3 Å². The molecule has 0 unspecified atom stereocenters. The van der Waals surface area contributed by atoms with Crippen LogP contribution in [0.1, 0.15) is 45.2 Å². The fourth-order valence-electron chi connectivity index (χ4n) is 4.08. The Kier molecular flexibility index (Phi) is 5.60. The van der Waals surface area contributed by atoms with E-state index in [1.165, 1.54) is 0 Å². The molecular weight excluding hydrogens is 376 g/mol. The molecule has 2 aromatic heterocycles. The van der Waals surface area contributed by atoms with Crippen molar-refractivity contribution >= 4 is 16.7 Å². The average Bonchev–Trinajstić information content (AvgIpc) is 3.13. The van der Waals surface area contributed by atoms with Gasteiger partial charge in [0.05, 0.1) is 18.3 Å². The Labute approximate surface area is 177 Å². The molecule has 30 heavy (non-hydrogen) atoms. The van der Waals surface area contributed by atoms with Crippen molar-refractivity contribution in [3.05, 3.63) is 48.2 Å². The maximum absolute atomic E-state index is 12.8. The summed E-state index contributed by atoms with van der Waals surface area (Å²) in [5.74, 6) is 1.54. The number of rotatable bonds is 4. The molecule has 6 heteroatoms. The van der Waals surface area contributed by atoms with Gasteiger partial charge >= 0.3 is 0 Å². The van der Waals surface area contributed by atoms with Crippen LogP contribution in [0.4, 0.5) is 0 Å². The van der Waals surface area contributed by atoms with Crippen molar-refractivity contribution in [2.24, 2.45) is 0 Å². The van der Waals surface area contributed by atoms with Crippen molar-refractivity contribution < 1.29 is 9.21 Å². The molecule has 1 N–H and O–H groups in total. The first kappa shape index (κ1) is 20.5. The molecule has 0 aliphatic carbocycles. The monoisotopic (exact) mass is 406 g/mol. The molecule has 1 amide bonds. The highest BCUT2D eigenvalue weighted by molar-refractivity contribution is 5.87. The maximum atomic E-state index is 12.8. The summed E-state index contributed by atoms with van der Waals surface area (Å²) >= 11 is 0. The van der Waals surface area contributed by atoms with Crippen molar-refractivity contribution in [1.29, 1.82) is 0 Å². The van der Waals surface area contributed by atoms with E-state index in [1.807, 2.05) is 36.2 Å². The van der Waals surface area contributed by atoms with Crippen LogP contribution in [0.2, 0.25) is 0 Å². The normalized spacial score (nSPS) is 15.7. The van der Waals surface area contributed by atoms with E-state index in [2.05, 4.69) is 42.1 Å². The zero-order valence-corrected chi connectivity index (χ0v) is 18.2. The van der Waals surface area contributed by atoms with E-state index in [-0.39, 0.29) is 11.4 Å². The van der Waals surface area contributed by atoms with Crippen LogP contribution in [-0.4, -0.2) is 45.4 Å². The minimum absolute atomic E-state index is 0.106. The molecule has 1 aliphatic heterocycles. The summed E-state index contributed by atoms with van der Waals surface area (Å²) in [5, 5.41) is 5.74. The zero-order valence-electron chi connectivity index (χ0n) is 18.2. The Morgan fingerprint density at radius 2 is 1.90 bits per heavy atom. The quantitative estimate of drug-likeness (QED) is 0.706. The lowest BCUT2D eigenvalue weighted by Crippen LogP contribution is -2.50. The molecule has 0 saturated carbocycles. The van der Waals surface area contributed by atoms with Crippen LogP contribution in [0.15, 0.2) is 41.1 Å². The molecule has 0 spiro atoms. The Morgan fingerprint density at radius 1 is 1.13 bits per heavy atom. The van der Waals surface area contributed by atoms with Crippen LogP contribution in [0, 0.1) is 6.92 Å². The molecule has 1 saturated heterocycles. The summed E-state index contributed by atoms with van der Waals surface area (Å²) in [5.41, 5.74) is 1.88. The molecule has 3 heterocycles. The number of hydrogen-bond donors (Lipinski definition) is 1. The van der Waals surface area contributed by atoms with Crippen LogP contribution < -0.4 is 5.32 Å². The Bertz CT molecular complexity index is 1040. The minimum Gasteiger partial charge on any atom is -0.441 e. The zero-order chi connectivity index (χ0) is 21.3. The molecule has 0 atom stereocenters. The van der Waals surface area contributed by atoms with Gasteiger partial charge in [0.2, 0.25) is 5.91 Å². The predicted octanol–water partition coefficient (Wildman–Crippen LogP) is 4.12. The Balaban J connectivity index is 1.43. The van der Waals surface area contributed by atoms with Gasteiger partial charge in [-0.05, 0) is 51.1 Å². The number of carbonyl (C=O) groups is 1.